The molecule has 1 saturated heterocycles. The molecule has 1 aliphatic heterocycles. The summed E-state index contributed by atoms with van der Waals surface area (Å²) in [7, 11) is 2.73. The average Bonchev–Trinajstić information content (AvgIpc) is 3.45. The van der Waals surface area contributed by atoms with Crippen molar-refractivity contribution in [3.63, 3.8) is 0 Å². The number of rotatable bonds is 13. The number of pyridine rings is 1. The van der Waals surface area contributed by atoms with Gasteiger partial charge in [-0.1, -0.05) is 53.5 Å². The second kappa shape index (κ2) is 19.9. The largest absolute Gasteiger partial charge is 0.468 e. The number of amides is 1. The zero-order valence-electron chi connectivity index (χ0n) is 37.7. The minimum atomic E-state index is -2.34. The van der Waals surface area contributed by atoms with E-state index in [0.29, 0.717) is 54.4 Å². The second-order valence-corrected chi connectivity index (χ2v) is 23.4. The summed E-state index contributed by atoms with van der Waals surface area (Å²) in [5, 5.41) is 4.20. The van der Waals surface area contributed by atoms with Crippen LogP contribution in [0.2, 0.25) is 16.6 Å². The third-order valence-corrected chi connectivity index (χ3v) is 17.3. The summed E-state index contributed by atoms with van der Waals surface area (Å²) in [6, 6.07) is 6.05. The summed E-state index contributed by atoms with van der Waals surface area (Å²) in [5.41, 5.74) is 4.01. The van der Waals surface area contributed by atoms with Crippen LogP contribution in [0, 0.1) is 23.1 Å². The van der Waals surface area contributed by atoms with Crippen molar-refractivity contribution >= 4 is 41.7 Å². The van der Waals surface area contributed by atoms with Crippen LogP contribution in [-0.4, -0.2) is 98.9 Å². The number of aromatic nitrogens is 3. The number of hydrogen-bond acceptors (Lipinski definition) is 10. The van der Waals surface area contributed by atoms with Crippen LogP contribution in [-0.2, 0) is 9.47 Å². The van der Waals surface area contributed by atoms with E-state index < -0.39 is 31.4 Å². The fraction of sp³-hybridized carbons (Fsp3) is 0.522. The third kappa shape index (κ3) is 10.6. The fourth-order valence-corrected chi connectivity index (χ4v) is 13.6. The molecular formula is C46H61F3N6O5Si. The standard InChI is InChI=1S/C46H61F3N6O5Si/c1-29(2)61(30(3)4,31(5)6)21-18-35-38(48)17-16-33-22-34(59-28-57-12)23-36(39(33)35)41-40(49)42-37(25-50-41)43(52-44(51-42)58-27-32(24-47)26-53(10)11)54-19-14-13-15-20-55(54)45(56)60-46(7,8)9/h16-17,22-25,29-31H,13-15,19-20,26-28H2,1-12H3/b32-24-. The lowest BCUT2D eigenvalue weighted by Gasteiger charge is -2.38. The van der Waals surface area contributed by atoms with Gasteiger partial charge in [0.2, 0.25) is 0 Å². The van der Waals surface area contributed by atoms with E-state index in [0.717, 1.165) is 6.42 Å². The van der Waals surface area contributed by atoms with Gasteiger partial charge in [-0.15, -0.1) is 5.54 Å². The number of likely N-dealkylation sites (N-methyl/N-ethyl adjacent to an activating group) is 1. The van der Waals surface area contributed by atoms with E-state index in [-0.39, 0.29) is 76.1 Å². The number of nitrogens with zero attached hydrogens (tertiary/aromatic N) is 6. The Balaban J connectivity index is 1.83. The Hall–Kier alpha value is -4.91. The molecule has 15 heteroatoms. The van der Waals surface area contributed by atoms with Crippen molar-refractivity contribution in [1.29, 1.82) is 0 Å². The summed E-state index contributed by atoms with van der Waals surface area (Å²) in [6.45, 7) is 19.0. The molecule has 4 aromatic rings. The van der Waals surface area contributed by atoms with Gasteiger partial charge >= 0.3 is 12.1 Å². The Morgan fingerprint density at radius 1 is 0.984 bits per heavy atom. The van der Waals surface area contributed by atoms with Gasteiger partial charge in [0.1, 0.15) is 43.1 Å². The Kier molecular flexibility index (Phi) is 15.3. The number of carbonyl (C=O) groups is 1. The Morgan fingerprint density at radius 3 is 2.30 bits per heavy atom. The predicted molar refractivity (Wildman–Crippen MR) is 238 cm³/mol. The van der Waals surface area contributed by atoms with Crippen molar-refractivity contribution in [2.45, 2.75) is 104 Å². The van der Waals surface area contributed by atoms with Gasteiger partial charge in [-0.2, -0.15) is 9.97 Å². The number of fused-ring (bicyclic) bond motifs is 2. The highest BCUT2D eigenvalue weighted by Crippen LogP contribution is 2.43. The average molecular weight is 863 g/mol. The van der Waals surface area contributed by atoms with Crippen LogP contribution >= 0.6 is 0 Å². The number of benzene rings is 2. The molecule has 3 heterocycles. The number of methoxy groups -OCH3 is 1. The first-order valence-electron chi connectivity index (χ1n) is 20.9. The number of ether oxygens (including phenoxy) is 4. The van der Waals surface area contributed by atoms with Gasteiger partial charge in [0, 0.05) is 49.5 Å². The van der Waals surface area contributed by atoms with E-state index in [9.17, 15) is 9.18 Å². The van der Waals surface area contributed by atoms with Gasteiger partial charge in [-0.05, 0) is 94.3 Å². The lowest BCUT2D eigenvalue weighted by Crippen LogP contribution is -2.49. The predicted octanol–water partition coefficient (Wildman–Crippen LogP) is 10.6. The van der Waals surface area contributed by atoms with Crippen LogP contribution in [0.4, 0.5) is 23.8 Å². The molecule has 0 unspecified atom stereocenters. The molecule has 61 heavy (non-hydrogen) atoms. The Bertz CT molecular complexity index is 2280. The number of hydrazine groups is 1. The zero-order valence-corrected chi connectivity index (χ0v) is 38.7. The minimum absolute atomic E-state index is 0.0951. The minimum Gasteiger partial charge on any atom is -0.468 e. The molecule has 0 saturated carbocycles. The van der Waals surface area contributed by atoms with E-state index in [1.54, 1.807) is 63.0 Å². The van der Waals surface area contributed by atoms with Crippen molar-refractivity contribution in [3.05, 3.63) is 59.6 Å². The van der Waals surface area contributed by atoms with Gasteiger partial charge in [-0.3, -0.25) is 9.99 Å². The summed E-state index contributed by atoms with van der Waals surface area (Å²) >= 11 is 0. The molecular weight excluding hydrogens is 802 g/mol. The zero-order chi connectivity index (χ0) is 44.8. The maximum Gasteiger partial charge on any atom is 0.429 e. The maximum atomic E-state index is 17.7. The van der Waals surface area contributed by atoms with Crippen molar-refractivity contribution in [2.75, 3.05) is 59.2 Å². The molecule has 1 amide bonds. The van der Waals surface area contributed by atoms with Crippen LogP contribution in [0.25, 0.3) is 32.9 Å². The van der Waals surface area contributed by atoms with Crippen LogP contribution in [0.5, 0.6) is 11.8 Å². The van der Waals surface area contributed by atoms with E-state index in [4.69, 9.17) is 28.9 Å². The molecule has 2 aromatic heterocycles. The van der Waals surface area contributed by atoms with Crippen LogP contribution in [0.3, 0.4) is 0 Å². The first kappa shape index (κ1) is 47.1. The Labute approximate surface area is 359 Å². The number of hydrogen-bond donors (Lipinski definition) is 0. The van der Waals surface area contributed by atoms with Gasteiger partial charge in [0.15, 0.2) is 18.4 Å². The van der Waals surface area contributed by atoms with Crippen molar-refractivity contribution in [3.8, 4) is 34.5 Å². The molecule has 0 radical (unpaired) electrons. The van der Waals surface area contributed by atoms with Gasteiger partial charge in [0.05, 0.1) is 17.3 Å². The molecule has 0 N–H and O–H groups in total. The molecule has 5 rings (SSSR count). The summed E-state index contributed by atoms with van der Waals surface area (Å²) in [6.07, 6.45) is 3.51. The van der Waals surface area contributed by atoms with E-state index >= 15 is 8.78 Å². The SMILES string of the molecule is COCOc1cc(-c2ncc3c(N4CCCCCN4C(=O)OC(C)(C)C)nc(OC/C(=C\F)CN(C)C)nc3c2F)c2c(C#C[Si](C(C)C)(C(C)C)C(C)C)c(F)ccc2c1. The van der Waals surface area contributed by atoms with Gasteiger partial charge in [0.25, 0.3) is 0 Å². The van der Waals surface area contributed by atoms with E-state index in [2.05, 4.69) is 58.0 Å². The van der Waals surface area contributed by atoms with Gasteiger partial charge < -0.3 is 23.8 Å². The number of carbonyl (C=O) groups excluding carboxylic acids is 1. The lowest BCUT2D eigenvalue weighted by molar-refractivity contribution is 0.0232. The molecule has 2 aromatic carbocycles. The van der Waals surface area contributed by atoms with Crippen LogP contribution in [0.1, 0.15) is 87.1 Å². The summed E-state index contributed by atoms with van der Waals surface area (Å²) in [5.74, 6) is 2.38. The smallest absolute Gasteiger partial charge is 0.429 e. The lowest BCUT2D eigenvalue weighted by atomic mass is 9.95. The van der Waals surface area contributed by atoms with Crippen LogP contribution < -0.4 is 14.5 Å². The molecule has 0 atom stereocenters. The Morgan fingerprint density at radius 2 is 1.67 bits per heavy atom. The molecule has 1 aliphatic rings. The third-order valence-electron chi connectivity index (χ3n) is 11.0. The van der Waals surface area contributed by atoms with Gasteiger partial charge in [-0.25, -0.2) is 23.0 Å². The monoisotopic (exact) mass is 862 g/mol. The fourth-order valence-electron chi connectivity index (χ4n) is 8.35. The van der Waals surface area contributed by atoms with Crippen molar-refractivity contribution in [1.82, 2.24) is 24.9 Å². The first-order valence-corrected chi connectivity index (χ1v) is 23.2. The number of halogens is 3. The van der Waals surface area contributed by atoms with Crippen molar-refractivity contribution in [2.24, 2.45) is 0 Å². The second-order valence-electron chi connectivity index (χ2n) is 17.8. The maximum absolute atomic E-state index is 17.7. The van der Waals surface area contributed by atoms with E-state index in [1.165, 1.54) is 24.4 Å². The normalized spacial score (nSPS) is 14.3. The highest BCUT2D eigenvalue weighted by Gasteiger charge is 2.42. The first-order chi connectivity index (χ1) is 28.8. The summed E-state index contributed by atoms with van der Waals surface area (Å²) in [4.78, 5) is 29.5. The van der Waals surface area contributed by atoms with Crippen LogP contribution in [0.15, 0.2) is 42.4 Å². The molecule has 0 bridgehead atoms. The quantitative estimate of drug-likeness (QED) is 0.0733. The molecule has 0 aliphatic carbocycles. The van der Waals surface area contributed by atoms with E-state index in [1.807, 2.05) is 0 Å². The molecule has 330 valence electrons. The topological polar surface area (TPSA) is 102 Å². The van der Waals surface area contributed by atoms with Crippen molar-refractivity contribution < 1.29 is 36.9 Å². The molecule has 0 spiro atoms. The molecule has 11 nitrogen and oxygen atoms in total. The number of anilines is 1. The highest BCUT2D eigenvalue weighted by molar-refractivity contribution is 6.90. The highest BCUT2D eigenvalue weighted by atomic mass is 28.3. The summed E-state index contributed by atoms with van der Waals surface area (Å²) < 4.78 is 70.9. The molecule has 1 fully saturated rings.